The number of rotatable bonds is 1. The van der Waals surface area contributed by atoms with Gasteiger partial charge in [-0.05, 0) is 18.2 Å². The minimum absolute atomic E-state index is 0.107. The molecule has 0 aliphatic carbocycles. The summed E-state index contributed by atoms with van der Waals surface area (Å²) in [5.41, 5.74) is 1.24. The highest BCUT2D eigenvalue weighted by atomic mass is 35.5. The van der Waals surface area contributed by atoms with Crippen LogP contribution in [0.4, 0.5) is 0 Å². The number of fused-ring (bicyclic) bond motifs is 2. The van der Waals surface area contributed by atoms with Crippen molar-refractivity contribution >= 4 is 23.0 Å². The van der Waals surface area contributed by atoms with Crippen molar-refractivity contribution in [1.29, 1.82) is 0 Å². The van der Waals surface area contributed by atoms with E-state index in [0.29, 0.717) is 30.4 Å². The van der Waals surface area contributed by atoms with Crippen LogP contribution in [-0.4, -0.2) is 41.7 Å². The summed E-state index contributed by atoms with van der Waals surface area (Å²) in [6.07, 6.45) is 3.37. The van der Waals surface area contributed by atoms with Crippen molar-refractivity contribution in [2.75, 3.05) is 6.54 Å². The van der Waals surface area contributed by atoms with E-state index >= 15 is 0 Å². The summed E-state index contributed by atoms with van der Waals surface area (Å²) >= 11 is 5.93. The van der Waals surface area contributed by atoms with Crippen LogP contribution >= 0.6 is 11.6 Å². The second kappa shape index (κ2) is 4.56. The van der Waals surface area contributed by atoms with Gasteiger partial charge in [-0.2, -0.15) is 5.10 Å². The molecule has 0 N–H and O–H groups in total. The number of nitrogens with zero attached hydrogens (tertiary/aromatic N) is 6. The van der Waals surface area contributed by atoms with Crippen LogP contribution in [0, 0.1) is 0 Å². The van der Waals surface area contributed by atoms with Crippen LogP contribution in [0.1, 0.15) is 16.3 Å². The summed E-state index contributed by atoms with van der Waals surface area (Å²) in [6, 6.07) is 5.37. The van der Waals surface area contributed by atoms with Gasteiger partial charge in [0.2, 0.25) is 0 Å². The van der Waals surface area contributed by atoms with Crippen LogP contribution in [0.3, 0.4) is 0 Å². The van der Waals surface area contributed by atoms with Gasteiger partial charge in [0.1, 0.15) is 6.33 Å². The first-order chi connectivity index (χ1) is 10.2. The average Bonchev–Trinajstić information content (AvgIpc) is 3.11. The van der Waals surface area contributed by atoms with Gasteiger partial charge < -0.3 is 9.47 Å². The first-order valence-corrected chi connectivity index (χ1v) is 6.89. The van der Waals surface area contributed by atoms with Crippen LogP contribution in [0.2, 0.25) is 5.02 Å². The summed E-state index contributed by atoms with van der Waals surface area (Å²) < 4.78 is 3.56. The van der Waals surface area contributed by atoms with Crippen LogP contribution in [0.15, 0.2) is 30.7 Å². The zero-order valence-electron chi connectivity index (χ0n) is 11.0. The lowest BCUT2D eigenvalue weighted by molar-refractivity contribution is 0.0701. The number of carbonyl (C=O) groups is 1. The lowest BCUT2D eigenvalue weighted by Crippen LogP contribution is -2.38. The van der Waals surface area contributed by atoms with Crippen molar-refractivity contribution in [3.63, 3.8) is 0 Å². The maximum Gasteiger partial charge on any atom is 0.274 e. The normalized spacial score (nSPS) is 14.4. The molecule has 3 aromatic rings. The third kappa shape index (κ3) is 2.06. The molecule has 106 valence electrons. The topological polar surface area (TPSA) is 68.3 Å². The van der Waals surface area contributed by atoms with Gasteiger partial charge in [0, 0.05) is 19.3 Å². The third-order valence-electron chi connectivity index (χ3n) is 3.57. The van der Waals surface area contributed by atoms with Crippen molar-refractivity contribution in [2.24, 2.45) is 0 Å². The molecule has 0 saturated heterocycles. The maximum atomic E-state index is 12.5. The smallest absolute Gasteiger partial charge is 0.274 e. The minimum atomic E-state index is -0.107. The Bertz CT molecular complexity index is 838. The monoisotopic (exact) mass is 302 g/mol. The Kier molecular flexibility index (Phi) is 2.68. The summed E-state index contributed by atoms with van der Waals surface area (Å²) in [5, 5.41) is 12.7. The number of carbonyl (C=O) groups excluding carboxylic acids is 1. The molecule has 0 aromatic carbocycles. The highest BCUT2D eigenvalue weighted by Crippen LogP contribution is 2.16. The second-order valence-corrected chi connectivity index (χ2v) is 5.35. The van der Waals surface area contributed by atoms with Crippen molar-refractivity contribution in [3.05, 3.63) is 47.3 Å². The Labute approximate surface area is 124 Å². The van der Waals surface area contributed by atoms with Crippen molar-refractivity contribution in [2.45, 2.75) is 13.1 Å². The Balaban J connectivity index is 1.64. The first kappa shape index (κ1) is 12.3. The number of hydrogen-bond donors (Lipinski definition) is 0. The summed E-state index contributed by atoms with van der Waals surface area (Å²) in [6.45, 7) is 1.78. The van der Waals surface area contributed by atoms with Gasteiger partial charge in [-0.25, -0.2) is 4.52 Å². The largest absolute Gasteiger partial charge is 0.328 e. The molecule has 4 heterocycles. The quantitative estimate of drug-likeness (QED) is 0.678. The number of pyridine rings is 1. The highest BCUT2D eigenvalue weighted by molar-refractivity contribution is 6.30. The van der Waals surface area contributed by atoms with Gasteiger partial charge in [-0.15, -0.1) is 10.2 Å². The van der Waals surface area contributed by atoms with Crippen molar-refractivity contribution < 1.29 is 4.79 Å². The molecule has 0 atom stereocenters. The van der Waals surface area contributed by atoms with E-state index in [2.05, 4.69) is 15.3 Å². The fourth-order valence-corrected chi connectivity index (χ4v) is 2.62. The zero-order valence-corrected chi connectivity index (χ0v) is 11.7. The minimum Gasteiger partial charge on any atom is -0.328 e. The molecule has 3 aromatic heterocycles. The molecule has 1 aliphatic rings. The molecule has 0 unspecified atom stereocenters. The van der Waals surface area contributed by atoms with E-state index in [4.69, 9.17) is 11.6 Å². The van der Waals surface area contributed by atoms with Gasteiger partial charge in [0.15, 0.2) is 11.5 Å². The zero-order chi connectivity index (χ0) is 14.4. The van der Waals surface area contributed by atoms with E-state index < -0.39 is 0 Å². The van der Waals surface area contributed by atoms with Crippen LogP contribution < -0.4 is 0 Å². The van der Waals surface area contributed by atoms with E-state index in [1.807, 2.05) is 10.6 Å². The van der Waals surface area contributed by atoms with Crippen molar-refractivity contribution in [3.8, 4) is 0 Å². The lowest BCUT2D eigenvalue weighted by Gasteiger charge is -2.26. The van der Waals surface area contributed by atoms with E-state index in [-0.39, 0.29) is 5.91 Å². The Morgan fingerprint density at radius 3 is 3.10 bits per heavy atom. The maximum absolute atomic E-state index is 12.5. The number of aromatic nitrogens is 5. The van der Waals surface area contributed by atoms with Gasteiger partial charge in [-0.3, -0.25) is 4.79 Å². The van der Waals surface area contributed by atoms with E-state index in [1.54, 1.807) is 34.1 Å². The standard InChI is InChI=1S/C13H11ClN6O/c14-9-1-2-10-5-11(17-20(10)6-9)13(21)18-3-4-19-8-15-16-12(19)7-18/h1-2,5-6,8H,3-4,7H2. The molecular formula is C13H11ClN6O. The molecular weight excluding hydrogens is 292 g/mol. The highest BCUT2D eigenvalue weighted by Gasteiger charge is 2.24. The summed E-state index contributed by atoms with van der Waals surface area (Å²) in [5.74, 6) is 0.686. The van der Waals surface area contributed by atoms with Crippen LogP contribution in [0.25, 0.3) is 5.52 Å². The predicted octanol–water partition coefficient (Wildman–Crippen LogP) is 1.24. The van der Waals surface area contributed by atoms with E-state index in [0.717, 1.165) is 11.3 Å². The van der Waals surface area contributed by atoms with Crippen molar-refractivity contribution in [1.82, 2.24) is 29.3 Å². The molecule has 1 amide bonds. The molecule has 7 nitrogen and oxygen atoms in total. The van der Waals surface area contributed by atoms with Gasteiger partial charge in [-0.1, -0.05) is 11.6 Å². The summed E-state index contributed by atoms with van der Waals surface area (Å²) in [4.78, 5) is 14.3. The van der Waals surface area contributed by atoms with E-state index in [9.17, 15) is 4.79 Å². The molecule has 4 rings (SSSR count). The Morgan fingerprint density at radius 2 is 2.19 bits per heavy atom. The van der Waals surface area contributed by atoms with Gasteiger partial charge in [0.25, 0.3) is 5.91 Å². The van der Waals surface area contributed by atoms with Crippen LogP contribution in [0.5, 0.6) is 0 Å². The summed E-state index contributed by atoms with van der Waals surface area (Å²) in [7, 11) is 0. The third-order valence-corrected chi connectivity index (χ3v) is 3.79. The molecule has 21 heavy (non-hydrogen) atoms. The number of halogens is 1. The average molecular weight is 303 g/mol. The van der Waals surface area contributed by atoms with Gasteiger partial charge >= 0.3 is 0 Å². The molecule has 0 fully saturated rings. The number of hydrogen-bond acceptors (Lipinski definition) is 4. The molecule has 1 aliphatic heterocycles. The molecule has 0 radical (unpaired) electrons. The Hall–Kier alpha value is -2.41. The van der Waals surface area contributed by atoms with Gasteiger partial charge in [0.05, 0.1) is 17.1 Å². The Morgan fingerprint density at radius 1 is 1.29 bits per heavy atom. The fraction of sp³-hybridized carbons (Fsp3) is 0.231. The van der Waals surface area contributed by atoms with Crippen LogP contribution in [-0.2, 0) is 13.1 Å². The first-order valence-electron chi connectivity index (χ1n) is 6.51. The molecule has 0 spiro atoms. The lowest BCUT2D eigenvalue weighted by atomic mass is 10.3. The fourth-order valence-electron chi connectivity index (χ4n) is 2.47. The second-order valence-electron chi connectivity index (χ2n) is 4.91. The molecule has 0 saturated carbocycles. The molecule has 0 bridgehead atoms. The molecule has 8 heteroatoms. The van der Waals surface area contributed by atoms with E-state index in [1.165, 1.54) is 0 Å². The SMILES string of the molecule is O=C(c1cc2ccc(Cl)cn2n1)N1CCn2cnnc2C1. The predicted molar refractivity (Wildman–Crippen MR) is 75.0 cm³/mol. The number of amides is 1.